The summed E-state index contributed by atoms with van der Waals surface area (Å²) in [5.74, 6) is -4.46. The van der Waals surface area contributed by atoms with Crippen molar-refractivity contribution < 1.29 is 32.0 Å². The third kappa shape index (κ3) is 4.37. The summed E-state index contributed by atoms with van der Waals surface area (Å²) >= 11 is 0. The number of amides is 1. The lowest BCUT2D eigenvalue weighted by molar-refractivity contribution is -0.384. The second-order valence-corrected chi connectivity index (χ2v) is 3.57. The number of carbonyl (C=O) groups excluding carboxylic acids is 1. The van der Waals surface area contributed by atoms with Crippen LogP contribution in [0.25, 0.3) is 0 Å². The van der Waals surface area contributed by atoms with Crippen molar-refractivity contribution in [3.8, 4) is 0 Å². The van der Waals surface area contributed by atoms with E-state index in [4.69, 9.17) is 0 Å². The van der Waals surface area contributed by atoms with Crippen LogP contribution >= 0.6 is 0 Å². The highest BCUT2D eigenvalue weighted by Crippen LogP contribution is 2.23. The monoisotopic (exact) mass is 296 g/mol. The Balaban J connectivity index is 2.59. The lowest BCUT2D eigenvalue weighted by atomic mass is 10.3. The Morgan fingerprint density at radius 2 is 2.10 bits per heavy atom. The van der Waals surface area contributed by atoms with Crippen LogP contribution in [-0.2, 0) is 4.74 Å². The van der Waals surface area contributed by atoms with Crippen molar-refractivity contribution in [2.75, 3.05) is 11.9 Å². The van der Waals surface area contributed by atoms with Gasteiger partial charge in [0.05, 0.1) is 10.6 Å². The van der Waals surface area contributed by atoms with Gasteiger partial charge in [0, 0.05) is 12.1 Å². The number of anilines is 1. The van der Waals surface area contributed by atoms with E-state index in [9.17, 15) is 32.5 Å². The molecule has 0 aromatic heterocycles. The SMILES string of the molecule is O=C(Nc1cccc([N+](=O)[O-])c1)OCC(F)(F)C(F)F. The maximum atomic E-state index is 12.5. The van der Waals surface area contributed by atoms with Gasteiger partial charge in [-0.2, -0.15) is 8.78 Å². The number of halogens is 4. The molecule has 0 atom stereocenters. The van der Waals surface area contributed by atoms with Crippen LogP contribution in [0.1, 0.15) is 0 Å². The van der Waals surface area contributed by atoms with Crippen molar-refractivity contribution in [3.63, 3.8) is 0 Å². The van der Waals surface area contributed by atoms with Crippen LogP contribution < -0.4 is 5.32 Å². The highest BCUT2D eigenvalue weighted by molar-refractivity contribution is 5.85. The van der Waals surface area contributed by atoms with Crippen molar-refractivity contribution in [2.24, 2.45) is 0 Å². The molecule has 1 amide bonds. The second kappa shape index (κ2) is 6.17. The average molecular weight is 296 g/mol. The molecule has 1 aromatic carbocycles. The van der Waals surface area contributed by atoms with Crippen molar-refractivity contribution >= 4 is 17.5 Å². The van der Waals surface area contributed by atoms with Gasteiger partial charge in [-0.15, -0.1) is 0 Å². The van der Waals surface area contributed by atoms with Gasteiger partial charge in [0.1, 0.15) is 0 Å². The molecule has 0 heterocycles. The summed E-state index contributed by atoms with van der Waals surface area (Å²) in [4.78, 5) is 20.8. The number of nitro benzene ring substituents is 1. The van der Waals surface area contributed by atoms with Crippen LogP contribution in [-0.4, -0.2) is 30.0 Å². The summed E-state index contributed by atoms with van der Waals surface area (Å²) in [7, 11) is 0. The van der Waals surface area contributed by atoms with E-state index in [0.717, 1.165) is 12.1 Å². The van der Waals surface area contributed by atoms with Gasteiger partial charge >= 0.3 is 18.4 Å². The zero-order valence-electron chi connectivity index (χ0n) is 9.69. The fraction of sp³-hybridized carbons (Fsp3) is 0.300. The highest BCUT2D eigenvalue weighted by atomic mass is 19.3. The summed E-state index contributed by atoms with van der Waals surface area (Å²) in [5, 5.41) is 12.4. The maximum absolute atomic E-state index is 12.5. The smallest absolute Gasteiger partial charge is 0.411 e. The van der Waals surface area contributed by atoms with Gasteiger partial charge in [-0.05, 0) is 6.07 Å². The number of nitrogens with zero attached hydrogens (tertiary/aromatic N) is 1. The van der Waals surface area contributed by atoms with Crippen molar-refractivity contribution in [3.05, 3.63) is 34.4 Å². The zero-order chi connectivity index (χ0) is 15.3. The molecule has 0 fully saturated rings. The van der Waals surface area contributed by atoms with Crippen LogP contribution in [0, 0.1) is 10.1 Å². The molecular formula is C10H8F4N2O4. The fourth-order valence-electron chi connectivity index (χ4n) is 1.08. The molecule has 0 unspecified atom stereocenters. The number of non-ortho nitro benzene ring substituents is 1. The molecule has 0 radical (unpaired) electrons. The van der Waals surface area contributed by atoms with E-state index in [-0.39, 0.29) is 11.4 Å². The minimum Gasteiger partial charge on any atom is -0.443 e. The van der Waals surface area contributed by atoms with Crippen LogP contribution in [0.2, 0.25) is 0 Å². The number of nitro groups is 1. The predicted molar refractivity (Wildman–Crippen MR) is 59.0 cm³/mol. The number of hydrogen-bond acceptors (Lipinski definition) is 4. The number of ether oxygens (including phenoxy) is 1. The van der Waals surface area contributed by atoms with E-state index >= 15 is 0 Å². The lowest BCUT2D eigenvalue weighted by Gasteiger charge is -2.15. The molecule has 0 bridgehead atoms. The number of benzene rings is 1. The maximum Gasteiger partial charge on any atom is 0.411 e. The molecule has 0 spiro atoms. The van der Waals surface area contributed by atoms with Gasteiger partial charge in [0.2, 0.25) is 0 Å². The Hall–Kier alpha value is -2.39. The van der Waals surface area contributed by atoms with Gasteiger partial charge in [-0.1, -0.05) is 6.07 Å². The number of nitrogens with one attached hydrogen (secondary N) is 1. The zero-order valence-corrected chi connectivity index (χ0v) is 9.69. The molecule has 1 rings (SSSR count). The van der Waals surface area contributed by atoms with E-state index in [1.165, 1.54) is 12.1 Å². The first-order chi connectivity index (χ1) is 9.22. The normalized spacial score (nSPS) is 11.2. The molecule has 20 heavy (non-hydrogen) atoms. The number of rotatable bonds is 5. The van der Waals surface area contributed by atoms with Gasteiger partial charge in [-0.25, -0.2) is 13.6 Å². The molecule has 1 aromatic rings. The summed E-state index contributed by atoms with van der Waals surface area (Å²) in [5.41, 5.74) is -0.440. The van der Waals surface area contributed by atoms with Crippen molar-refractivity contribution in [1.29, 1.82) is 0 Å². The van der Waals surface area contributed by atoms with Crippen LogP contribution in [0.4, 0.5) is 33.7 Å². The Kier molecular flexibility index (Phi) is 4.83. The van der Waals surface area contributed by atoms with Gasteiger partial charge in [0.25, 0.3) is 5.69 Å². The standard InChI is InChI=1S/C10H8F4N2O4/c11-8(12)10(13,14)5-20-9(17)15-6-2-1-3-7(4-6)16(18)19/h1-4,8H,5H2,(H,15,17). The topological polar surface area (TPSA) is 81.5 Å². The molecule has 10 heteroatoms. The number of alkyl halides is 4. The Bertz CT molecular complexity index is 510. The van der Waals surface area contributed by atoms with E-state index in [0.29, 0.717) is 0 Å². The molecule has 1 N–H and O–H groups in total. The van der Waals surface area contributed by atoms with Crippen LogP contribution in [0.5, 0.6) is 0 Å². The van der Waals surface area contributed by atoms with Crippen LogP contribution in [0.3, 0.4) is 0 Å². The minimum atomic E-state index is -4.46. The molecule has 0 saturated carbocycles. The largest absolute Gasteiger partial charge is 0.443 e. The molecule has 0 aliphatic carbocycles. The summed E-state index contributed by atoms with van der Waals surface area (Å²) < 4.78 is 52.5. The molecular weight excluding hydrogens is 288 g/mol. The average Bonchev–Trinajstić information content (AvgIpc) is 2.36. The molecule has 0 aliphatic heterocycles. The lowest BCUT2D eigenvalue weighted by Crippen LogP contribution is -2.34. The predicted octanol–water partition coefficient (Wildman–Crippen LogP) is 3.04. The van der Waals surface area contributed by atoms with Crippen LogP contribution in [0.15, 0.2) is 24.3 Å². The first-order valence-corrected chi connectivity index (χ1v) is 5.06. The first-order valence-electron chi connectivity index (χ1n) is 5.06. The fourth-order valence-corrected chi connectivity index (χ4v) is 1.08. The van der Waals surface area contributed by atoms with Crippen molar-refractivity contribution in [1.82, 2.24) is 0 Å². The third-order valence-corrected chi connectivity index (χ3v) is 2.02. The Morgan fingerprint density at radius 3 is 2.65 bits per heavy atom. The highest BCUT2D eigenvalue weighted by Gasteiger charge is 2.42. The van der Waals surface area contributed by atoms with Gasteiger partial charge in [0.15, 0.2) is 6.61 Å². The second-order valence-electron chi connectivity index (χ2n) is 3.57. The summed E-state index contributed by atoms with van der Waals surface area (Å²) in [6, 6.07) is 4.56. The van der Waals surface area contributed by atoms with Gasteiger partial charge < -0.3 is 4.74 Å². The Morgan fingerprint density at radius 1 is 1.45 bits per heavy atom. The van der Waals surface area contributed by atoms with E-state index in [2.05, 4.69) is 4.74 Å². The van der Waals surface area contributed by atoms with E-state index in [1.54, 1.807) is 0 Å². The quantitative estimate of drug-likeness (QED) is 0.514. The molecule has 0 aliphatic rings. The molecule has 0 saturated heterocycles. The minimum absolute atomic E-state index is 0.0930. The molecule has 6 nitrogen and oxygen atoms in total. The van der Waals surface area contributed by atoms with E-state index < -0.39 is 30.0 Å². The summed E-state index contributed by atoms with van der Waals surface area (Å²) in [6.45, 7) is -1.80. The number of carbonyl (C=O) groups is 1. The van der Waals surface area contributed by atoms with E-state index in [1.807, 2.05) is 5.32 Å². The van der Waals surface area contributed by atoms with Crippen molar-refractivity contribution in [2.45, 2.75) is 12.3 Å². The Labute approximate surface area is 109 Å². The first kappa shape index (κ1) is 15.7. The van der Waals surface area contributed by atoms with Gasteiger partial charge in [-0.3, -0.25) is 15.4 Å². The summed E-state index contributed by atoms with van der Waals surface area (Å²) in [6.07, 6.45) is -5.39. The third-order valence-electron chi connectivity index (χ3n) is 2.02. The molecule has 110 valence electrons. The number of hydrogen-bond donors (Lipinski definition) is 1.